The maximum absolute atomic E-state index is 13.5. The Labute approximate surface area is 206 Å². The van der Waals surface area contributed by atoms with Gasteiger partial charge in [-0.15, -0.1) is 0 Å². The van der Waals surface area contributed by atoms with E-state index in [2.05, 4.69) is 31.0 Å². The van der Waals surface area contributed by atoms with Crippen LogP contribution in [0.25, 0.3) is 11.0 Å². The van der Waals surface area contributed by atoms with Crippen molar-refractivity contribution in [1.29, 1.82) is 0 Å². The summed E-state index contributed by atoms with van der Waals surface area (Å²) < 4.78 is 0. The van der Waals surface area contributed by atoms with Gasteiger partial charge in [-0.25, -0.2) is 0 Å². The Kier molecular flexibility index (Phi) is 6.40. The summed E-state index contributed by atoms with van der Waals surface area (Å²) >= 11 is 0. The number of hydrogen-bond acceptors (Lipinski definition) is 3. The molecule has 34 heavy (non-hydrogen) atoms. The summed E-state index contributed by atoms with van der Waals surface area (Å²) in [4.78, 5) is 15.2. The largest absolute Gasteiger partial charge is 0.297 e. The van der Waals surface area contributed by atoms with Crippen molar-refractivity contribution < 1.29 is 4.79 Å². The lowest BCUT2D eigenvalue weighted by Crippen LogP contribution is -2.53. The molecule has 4 nitrogen and oxygen atoms in total. The minimum atomic E-state index is 0.177. The first-order chi connectivity index (χ1) is 16.4. The van der Waals surface area contributed by atoms with Crippen LogP contribution in [0.2, 0.25) is 0 Å². The molecule has 0 radical (unpaired) electrons. The zero-order chi connectivity index (χ0) is 24.1. The van der Waals surface area contributed by atoms with E-state index in [1.807, 2.05) is 38.1 Å². The van der Waals surface area contributed by atoms with Crippen molar-refractivity contribution in [3.63, 3.8) is 0 Å². The molecule has 0 bridgehead atoms. The average Bonchev–Trinajstić information content (AvgIpc) is 3.40. The molecule has 0 aliphatic heterocycles. The molecule has 1 heterocycles. The van der Waals surface area contributed by atoms with Crippen molar-refractivity contribution >= 4 is 16.8 Å². The summed E-state index contributed by atoms with van der Waals surface area (Å²) in [5, 5.41) is 9.12. The molecule has 4 heteroatoms. The van der Waals surface area contributed by atoms with Gasteiger partial charge in [0.1, 0.15) is 17.6 Å². The van der Waals surface area contributed by atoms with Crippen LogP contribution in [0.3, 0.4) is 0 Å². The van der Waals surface area contributed by atoms with Gasteiger partial charge in [-0.3, -0.25) is 4.79 Å². The molecule has 0 amide bonds. The van der Waals surface area contributed by atoms with Crippen LogP contribution in [-0.4, -0.2) is 20.8 Å². The zero-order valence-corrected chi connectivity index (χ0v) is 22.1. The number of ketones is 1. The number of aromatic nitrogens is 3. The standard InChI is InChI=1S/C28H39N3O.C2H6/c1-18-12-14-27(2)19(16-18)8-9-20-21-10-11-23(28(21,3)15-13-22(20)27)26(32)17-31-29-24-6-4-5-7-25(24)30-31;1-2/h4-7,18-23H,8-17H2,1-3H3;1-2H3/t18?,19?,20?,21?,22?,23-,27?,28?;/m1./s1. The molecule has 0 spiro atoms. The third-order valence-electron chi connectivity index (χ3n) is 10.9. The van der Waals surface area contributed by atoms with E-state index in [1.165, 1.54) is 51.4 Å². The zero-order valence-electron chi connectivity index (χ0n) is 22.1. The van der Waals surface area contributed by atoms with E-state index in [0.29, 0.717) is 17.7 Å². The van der Waals surface area contributed by atoms with Crippen molar-refractivity contribution in [3.8, 4) is 0 Å². The lowest BCUT2D eigenvalue weighted by molar-refractivity contribution is -0.137. The number of carbonyl (C=O) groups excluding carboxylic acids is 1. The molecule has 0 N–H and O–H groups in total. The Hall–Kier alpha value is -1.71. The molecule has 4 aliphatic carbocycles. The van der Waals surface area contributed by atoms with Gasteiger partial charge in [0.15, 0.2) is 5.78 Å². The fourth-order valence-electron chi connectivity index (χ4n) is 9.23. The fraction of sp³-hybridized carbons (Fsp3) is 0.767. The van der Waals surface area contributed by atoms with E-state index < -0.39 is 0 Å². The van der Waals surface area contributed by atoms with E-state index in [9.17, 15) is 4.79 Å². The molecule has 6 rings (SSSR count). The Morgan fingerprint density at radius 2 is 1.56 bits per heavy atom. The second-order valence-corrected chi connectivity index (χ2v) is 12.4. The van der Waals surface area contributed by atoms with Crippen molar-refractivity contribution in [1.82, 2.24) is 15.0 Å². The number of fused-ring (bicyclic) bond motifs is 6. The number of benzene rings is 1. The highest BCUT2D eigenvalue weighted by atomic mass is 16.1. The molecule has 4 fully saturated rings. The Bertz CT molecular complexity index is 996. The first-order valence-electron chi connectivity index (χ1n) is 14.2. The van der Waals surface area contributed by atoms with Gasteiger partial charge in [-0.1, -0.05) is 53.2 Å². The maximum atomic E-state index is 13.5. The Balaban J connectivity index is 0.00000117. The lowest BCUT2D eigenvalue weighted by atomic mass is 9.44. The summed E-state index contributed by atoms with van der Waals surface area (Å²) in [5.74, 6) is 4.86. The van der Waals surface area contributed by atoms with E-state index >= 15 is 0 Å². The third kappa shape index (κ3) is 3.75. The summed E-state index contributed by atoms with van der Waals surface area (Å²) in [5.41, 5.74) is 2.49. The number of Topliss-reactive ketones (excluding diaryl/α,β-unsaturated/α-hetero) is 1. The fourth-order valence-corrected chi connectivity index (χ4v) is 9.23. The predicted octanol–water partition coefficient (Wildman–Crippen LogP) is 7.32. The van der Waals surface area contributed by atoms with E-state index in [0.717, 1.165) is 47.0 Å². The molecule has 1 aromatic carbocycles. The quantitative estimate of drug-likeness (QED) is 0.479. The minimum Gasteiger partial charge on any atom is -0.297 e. The number of rotatable bonds is 3. The highest BCUT2D eigenvalue weighted by Crippen LogP contribution is 2.67. The SMILES string of the molecule is CC.CC1CCC2(C)C(CCC3C2CCC2(C)C3CC[C@@H]2C(=O)Cn2nc3ccccc3n2)C1. The van der Waals surface area contributed by atoms with Crippen molar-refractivity contribution in [2.24, 2.45) is 46.3 Å². The van der Waals surface area contributed by atoms with E-state index in [4.69, 9.17) is 0 Å². The van der Waals surface area contributed by atoms with Crippen molar-refractivity contribution in [3.05, 3.63) is 24.3 Å². The Morgan fingerprint density at radius 3 is 2.26 bits per heavy atom. The van der Waals surface area contributed by atoms with Crippen molar-refractivity contribution in [2.75, 3.05) is 0 Å². The monoisotopic (exact) mass is 463 g/mol. The summed E-state index contributed by atoms with van der Waals surface area (Å²) in [7, 11) is 0. The third-order valence-corrected chi connectivity index (χ3v) is 10.9. The maximum Gasteiger partial charge on any atom is 0.159 e. The Morgan fingerprint density at radius 1 is 0.912 bits per heavy atom. The van der Waals surface area contributed by atoms with Crippen LogP contribution in [0.1, 0.15) is 92.4 Å². The smallest absolute Gasteiger partial charge is 0.159 e. The van der Waals surface area contributed by atoms with Gasteiger partial charge in [0.2, 0.25) is 0 Å². The minimum absolute atomic E-state index is 0.177. The second-order valence-electron chi connectivity index (χ2n) is 12.4. The van der Waals surface area contributed by atoms with Gasteiger partial charge >= 0.3 is 0 Å². The highest BCUT2D eigenvalue weighted by Gasteiger charge is 2.60. The van der Waals surface area contributed by atoms with E-state index in [1.54, 1.807) is 4.80 Å². The topological polar surface area (TPSA) is 47.8 Å². The average molecular weight is 464 g/mol. The molecule has 4 aliphatic rings. The van der Waals surface area contributed by atoms with Crippen LogP contribution in [0.4, 0.5) is 0 Å². The van der Waals surface area contributed by atoms with Crippen molar-refractivity contribution in [2.45, 2.75) is 99.0 Å². The molecular formula is C30H45N3O. The highest BCUT2D eigenvalue weighted by molar-refractivity contribution is 5.82. The molecule has 4 saturated carbocycles. The summed E-state index contributed by atoms with van der Waals surface area (Å²) in [6.45, 7) is 11.9. The summed E-state index contributed by atoms with van der Waals surface area (Å²) in [6, 6.07) is 7.90. The van der Waals surface area contributed by atoms with Gasteiger partial charge in [0, 0.05) is 5.92 Å². The molecule has 7 unspecified atom stereocenters. The van der Waals surface area contributed by atoms with Crippen LogP contribution >= 0.6 is 0 Å². The first-order valence-corrected chi connectivity index (χ1v) is 14.2. The van der Waals surface area contributed by atoms with Gasteiger partial charge in [0.05, 0.1) is 0 Å². The first kappa shape index (κ1) is 24.0. The molecule has 1 aromatic heterocycles. The predicted molar refractivity (Wildman–Crippen MR) is 138 cm³/mol. The molecule has 8 atom stereocenters. The number of carbonyl (C=O) groups is 1. The molecular weight excluding hydrogens is 418 g/mol. The molecule has 0 saturated heterocycles. The van der Waals surface area contributed by atoms with Gasteiger partial charge in [-0.05, 0) is 104 Å². The second kappa shape index (κ2) is 9.06. The molecule has 2 aromatic rings. The normalized spacial score (nSPS) is 41.1. The van der Waals surface area contributed by atoms with Crippen LogP contribution < -0.4 is 0 Å². The number of nitrogens with zero attached hydrogens (tertiary/aromatic N) is 3. The van der Waals surface area contributed by atoms with Crippen LogP contribution in [0.15, 0.2) is 24.3 Å². The summed E-state index contributed by atoms with van der Waals surface area (Å²) in [6.07, 6.45) is 12.0. The van der Waals surface area contributed by atoms with Gasteiger partial charge < -0.3 is 0 Å². The number of hydrogen-bond donors (Lipinski definition) is 0. The van der Waals surface area contributed by atoms with Crippen LogP contribution in [0, 0.1) is 46.3 Å². The van der Waals surface area contributed by atoms with Gasteiger partial charge in [-0.2, -0.15) is 15.0 Å². The van der Waals surface area contributed by atoms with Crippen LogP contribution in [-0.2, 0) is 11.3 Å². The van der Waals surface area contributed by atoms with Gasteiger partial charge in [0.25, 0.3) is 0 Å². The lowest BCUT2D eigenvalue weighted by Gasteiger charge is -2.61. The van der Waals surface area contributed by atoms with E-state index in [-0.39, 0.29) is 11.3 Å². The molecule has 186 valence electrons. The van der Waals surface area contributed by atoms with Crippen LogP contribution in [0.5, 0.6) is 0 Å².